The number of morpholine rings is 1. The van der Waals surface area contributed by atoms with E-state index >= 15 is 0 Å². The second-order valence-electron chi connectivity index (χ2n) is 8.06. The van der Waals surface area contributed by atoms with Crippen molar-refractivity contribution in [2.75, 3.05) is 45.9 Å². The molecule has 162 valence electrons. The van der Waals surface area contributed by atoms with Gasteiger partial charge >= 0.3 is 0 Å². The number of nitrogens with one attached hydrogen (secondary N) is 1. The number of ether oxygens (including phenoxy) is 2. The predicted molar refractivity (Wildman–Crippen MR) is 127 cm³/mol. The largest absolute Gasteiger partial charge is 0.490 e. The van der Waals surface area contributed by atoms with Crippen LogP contribution in [-0.2, 0) is 4.74 Å². The van der Waals surface area contributed by atoms with Gasteiger partial charge in [0.05, 0.1) is 19.3 Å². The van der Waals surface area contributed by atoms with Gasteiger partial charge < -0.3 is 19.7 Å². The molecule has 3 aliphatic heterocycles. The van der Waals surface area contributed by atoms with E-state index in [1.54, 1.807) is 0 Å². The van der Waals surface area contributed by atoms with Gasteiger partial charge in [0.1, 0.15) is 11.9 Å². The highest BCUT2D eigenvalue weighted by Crippen LogP contribution is 2.23. The Hall–Kier alpha value is -1.06. The van der Waals surface area contributed by atoms with Crippen LogP contribution in [0.2, 0.25) is 0 Å². The number of para-hydroxylation sites is 1. The first-order valence-corrected chi connectivity index (χ1v) is 10.9. The highest BCUT2D eigenvalue weighted by atomic mass is 127. The lowest BCUT2D eigenvalue weighted by Gasteiger charge is -2.36. The van der Waals surface area contributed by atoms with Gasteiger partial charge in [0.2, 0.25) is 0 Å². The normalized spacial score (nSPS) is 26.0. The average molecular weight is 514 g/mol. The number of hydrogen-bond acceptors (Lipinski definition) is 4. The second kappa shape index (κ2) is 11.4. The molecule has 0 radical (unpaired) electrons. The van der Waals surface area contributed by atoms with Crippen LogP contribution in [0, 0.1) is 0 Å². The Balaban J connectivity index is 0.00000240. The highest BCUT2D eigenvalue weighted by molar-refractivity contribution is 14.0. The number of hydrogen-bond donors (Lipinski definition) is 1. The zero-order valence-corrected chi connectivity index (χ0v) is 19.8. The molecule has 1 N–H and O–H groups in total. The van der Waals surface area contributed by atoms with Crippen molar-refractivity contribution < 1.29 is 9.47 Å². The first-order valence-electron chi connectivity index (χ1n) is 10.9. The van der Waals surface area contributed by atoms with Gasteiger partial charge in [-0.2, -0.15) is 0 Å². The maximum Gasteiger partial charge on any atom is 0.194 e. The maximum absolute atomic E-state index is 6.13. The molecule has 2 unspecified atom stereocenters. The van der Waals surface area contributed by atoms with E-state index in [9.17, 15) is 0 Å². The third kappa shape index (κ3) is 6.21. The number of piperidine rings is 1. The van der Waals surface area contributed by atoms with Crippen LogP contribution in [0.5, 0.6) is 5.75 Å². The zero-order chi connectivity index (χ0) is 19.2. The van der Waals surface area contributed by atoms with Gasteiger partial charge in [-0.15, -0.1) is 24.0 Å². The van der Waals surface area contributed by atoms with Crippen molar-refractivity contribution in [2.24, 2.45) is 4.99 Å². The summed E-state index contributed by atoms with van der Waals surface area (Å²) in [5.74, 6) is 1.99. The fourth-order valence-corrected chi connectivity index (χ4v) is 4.49. The van der Waals surface area contributed by atoms with Crippen LogP contribution < -0.4 is 10.1 Å². The van der Waals surface area contributed by atoms with E-state index in [4.69, 9.17) is 14.5 Å². The van der Waals surface area contributed by atoms with Gasteiger partial charge in [-0.05, 0) is 38.4 Å². The summed E-state index contributed by atoms with van der Waals surface area (Å²) in [6.07, 6.45) is 5.16. The molecule has 0 spiro atoms. The third-order valence-corrected chi connectivity index (χ3v) is 6.03. The quantitative estimate of drug-likeness (QED) is 0.372. The topological polar surface area (TPSA) is 49.3 Å². The molecule has 2 atom stereocenters. The van der Waals surface area contributed by atoms with Crippen LogP contribution in [-0.4, -0.2) is 79.9 Å². The van der Waals surface area contributed by atoms with E-state index < -0.39 is 0 Å². The van der Waals surface area contributed by atoms with E-state index in [2.05, 4.69) is 22.0 Å². The number of likely N-dealkylation sites (tertiary alicyclic amines) is 1. The Bertz CT molecular complexity index is 637. The molecule has 1 aromatic carbocycles. The van der Waals surface area contributed by atoms with Crippen molar-refractivity contribution in [2.45, 2.75) is 50.9 Å². The molecular formula is C22H35IN4O2. The minimum atomic E-state index is 0. The second-order valence-corrected chi connectivity index (χ2v) is 8.06. The van der Waals surface area contributed by atoms with Gasteiger partial charge in [-0.25, -0.2) is 0 Å². The van der Waals surface area contributed by atoms with Gasteiger partial charge in [0.15, 0.2) is 5.96 Å². The van der Waals surface area contributed by atoms with E-state index in [0.29, 0.717) is 6.04 Å². The molecule has 6 nitrogen and oxygen atoms in total. The number of guanidine groups is 1. The van der Waals surface area contributed by atoms with Crippen molar-refractivity contribution in [3.05, 3.63) is 30.3 Å². The van der Waals surface area contributed by atoms with E-state index in [0.717, 1.165) is 63.9 Å². The van der Waals surface area contributed by atoms with Gasteiger partial charge in [-0.3, -0.25) is 9.89 Å². The Kier molecular flexibility index (Phi) is 8.86. The zero-order valence-electron chi connectivity index (χ0n) is 17.5. The minimum absolute atomic E-state index is 0. The first-order chi connectivity index (χ1) is 13.8. The molecule has 0 amide bonds. The standard InChI is InChI=1S/C22H34N4O2.HI/c1-2-23-22(24-15-21-16-26-12-6-7-18(26)17-27-21)25-13-10-20(11-14-25)28-19-8-4-3-5-9-19;/h3-5,8-9,18,20-21H,2,6-7,10-17H2,1H3,(H,23,24);1H. The van der Waals surface area contributed by atoms with Crippen LogP contribution >= 0.6 is 24.0 Å². The lowest BCUT2D eigenvalue weighted by molar-refractivity contribution is -0.0433. The Morgan fingerprint density at radius 2 is 1.97 bits per heavy atom. The van der Waals surface area contributed by atoms with Gasteiger partial charge in [0.25, 0.3) is 0 Å². The van der Waals surface area contributed by atoms with E-state index in [-0.39, 0.29) is 36.2 Å². The van der Waals surface area contributed by atoms with Crippen molar-refractivity contribution in [3.8, 4) is 5.75 Å². The van der Waals surface area contributed by atoms with Crippen molar-refractivity contribution in [1.82, 2.24) is 15.1 Å². The van der Waals surface area contributed by atoms with Crippen molar-refractivity contribution in [3.63, 3.8) is 0 Å². The third-order valence-electron chi connectivity index (χ3n) is 6.03. The molecule has 0 saturated carbocycles. The van der Waals surface area contributed by atoms with Gasteiger partial charge in [0, 0.05) is 45.1 Å². The van der Waals surface area contributed by atoms with Crippen molar-refractivity contribution >= 4 is 29.9 Å². The molecule has 3 aliphatic rings. The summed E-state index contributed by atoms with van der Waals surface area (Å²) in [6, 6.07) is 10.8. The summed E-state index contributed by atoms with van der Waals surface area (Å²) in [5, 5.41) is 3.47. The minimum Gasteiger partial charge on any atom is -0.490 e. The fourth-order valence-electron chi connectivity index (χ4n) is 4.49. The number of nitrogens with zero attached hydrogens (tertiary/aromatic N) is 3. The Labute approximate surface area is 192 Å². The molecule has 4 rings (SSSR count). The van der Waals surface area contributed by atoms with Crippen LogP contribution in [0.4, 0.5) is 0 Å². The van der Waals surface area contributed by atoms with Crippen LogP contribution in [0.1, 0.15) is 32.6 Å². The van der Waals surface area contributed by atoms with Crippen LogP contribution in [0.3, 0.4) is 0 Å². The lowest BCUT2D eigenvalue weighted by Crippen LogP contribution is -2.49. The molecule has 0 bridgehead atoms. The van der Waals surface area contributed by atoms with E-state index in [1.807, 2.05) is 30.3 Å². The molecular weight excluding hydrogens is 479 g/mol. The Morgan fingerprint density at radius 1 is 1.17 bits per heavy atom. The summed E-state index contributed by atoms with van der Waals surface area (Å²) in [7, 11) is 0. The van der Waals surface area contributed by atoms with E-state index in [1.165, 1.54) is 19.4 Å². The summed E-state index contributed by atoms with van der Waals surface area (Å²) in [4.78, 5) is 9.88. The molecule has 3 fully saturated rings. The molecule has 0 aromatic heterocycles. The number of aliphatic imine (C=N–C) groups is 1. The molecule has 3 heterocycles. The summed E-state index contributed by atoms with van der Waals surface area (Å²) in [6.45, 7) is 8.84. The molecule has 3 saturated heterocycles. The van der Waals surface area contributed by atoms with Crippen molar-refractivity contribution in [1.29, 1.82) is 0 Å². The number of halogens is 1. The molecule has 29 heavy (non-hydrogen) atoms. The summed E-state index contributed by atoms with van der Waals surface area (Å²) in [5.41, 5.74) is 0. The molecule has 7 heteroatoms. The number of fused-ring (bicyclic) bond motifs is 1. The average Bonchev–Trinajstić information content (AvgIpc) is 3.20. The fraction of sp³-hybridized carbons (Fsp3) is 0.682. The SMILES string of the molecule is CCNC(=NCC1CN2CCCC2CO1)N1CCC(Oc2ccccc2)CC1.I. The van der Waals surface area contributed by atoms with Crippen LogP contribution in [0.25, 0.3) is 0 Å². The highest BCUT2D eigenvalue weighted by Gasteiger charge is 2.32. The monoisotopic (exact) mass is 514 g/mol. The summed E-state index contributed by atoms with van der Waals surface area (Å²) < 4.78 is 12.2. The number of benzene rings is 1. The van der Waals surface area contributed by atoms with Crippen LogP contribution in [0.15, 0.2) is 35.3 Å². The predicted octanol–water partition coefficient (Wildman–Crippen LogP) is 2.98. The smallest absolute Gasteiger partial charge is 0.194 e. The molecule has 0 aliphatic carbocycles. The first kappa shape index (κ1) is 22.6. The molecule has 1 aromatic rings. The Morgan fingerprint density at radius 3 is 2.72 bits per heavy atom. The van der Waals surface area contributed by atoms with Gasteiger partial charge in [-0.1, -0.05) is 18.2 Å². The maximum atomic E-state index is 6.13. The summed E-state index contributed by atoms with van der Waals surface area (Å²) >= 11 is 0. The number of rotatable bonds is 5. The lowest BCUT2D eigenvalue weighted by atomic mass is 10.1.